The summed E-state index contributed by atoms with van der Waals surface area (Å²) in [5.74, 6) is 1.96. The van der Waals surface area contributed by atoms with E-state index in [9.17, 15) is 4.79 Å². The van der Waals surface area contributed by atoms with E-state index >= 15 is 0 Å². The van der Waals surface area contributed by atoms with Crippen LogP contribution in [0.2, 0.25) is 0 Å². The van der Waals surface area contributed by atoms with Crippen LogP contribution in [0.25, 0.3) is 0 Å². The van der Waals surface area contributed by atoms with E-state index in [2.05, 4.69) is 39.3 Å². The number of allylic oxidation sites excluding steroid dienone is 1. The molecule has 1 aromatic carbocycles. The van der Waals surface area contributed by atoms with Crippen molar-refractivity contribution in [1.82, 2.24) is 4.90 Å². The summed E-state index contributed by atoms with van der Waals surface area (Å²) in [6.45, 7) is 12.2. The molecule has 0 aromatic heterocycles. The molecule has 0 spiro atoms. The minimum atomic E-state index is -0.279. The zero-order valence-corrected chi connectivity index (χ0v) is 17.8. The predicted octanol–water partition coefficient (Wildman–Crippen LogP) is 5.70. The van der Waals surface area contributed by atoms with E-state index in [0.717, 1.165) is 24.8 Å². The monoisotopic (exact) mass is 371 g/mol. The maximum atomic E-state index is 11.6. The molecule has 3 nitrogen and oxygen atoms in total. The Bertz CT molecular complexity index is 622. The highest BCUT2D eigenvalue weighted by Gasteiger charge is 2.27. The number of esters is 1. The van der Waals surface area contributed by atoms with E-state index in [4.69, 9.17) is 4.74 Å². The molecule has 2 rings (SSSR count). The summed E-state index contributed by atoms with van der Waals surface area (Å²) in [5.41, 5.74) is 3.29. The molecule has 1 aliphatic carbocycles. The van der Waals surface area contributed by atoms with E-state index in [1.54, 1.807) is 0 Å². The molecular weight excluding hydrogens is 334 g/mol. The van der Waals surface area contributed by atoms with Crippen molar-refractivity contribution in [2.45, 2.75) is 65.5 Å². The summed E-state index contributed by atoms with van der Waals surface area (Å²) in [6.07, 6.45) is 6.25. The van der Waals surface area contributed by atoms with Crippen molar-refractivity contribution in [2.75, 3.05) is 14.2 Å². The fraction of sp³-hybridized carbons (Fsp3) is 0.625. The summed E-state index contributed by atoms with van der Waals surface area (Å²) in [7, 11) is 3.63. The molecule has 1 aromatic rings. The lowest BCUT2D eigenvalue weighted by atomic mass is 9.71. The molecule has 0 N–H and O–H groups in total. The highest BCUT2D eigenvalue weighted by atomic mass is 16.5. The van der Waals surface area contributed by atoms with Gasteiger partial charge in [0.1, 0.15) is 0 Å². The van der Waals surface area contributed by atoms with Crippen LogP contribution >= 0.6 is 0 Å². The summed E-state index contributed by atoms with van der Waals surface area (Å²) >= 11 is 0. The number of carbonyl (C=O) groups excluding carboxylic acids is 1. The van der Waals surface area contributed by atoms with Gasteiger partial charge >= 0.3 is 5.97 Å². The molecule has 1 saturated carbocycles. The maximum Gasteiger partial charge on any atom is 0.337 e. The second kappa shape index (κ2) is 10.1. The number of ether oxygens (including phenoxy) is 1. The molecule has 0 amide bonds. The van der Waals surface area contributed by atoms with Gasteiger partial charge in [0.2, 0.25) is 0 Å². The van der Waals surface area contributed by atoms with Crippen LogP contribution in [0.3, 0.4) is 0 Å². The Hall–Kier alpha value is -1.61. The number of benzene rings is 1. The van der Waals surface area contributed by atoms with Crippen LogP contribution < -0.4 is 0 Å². The topological polar surface area (TPSA) is 29.5 Å². The number of hydrogen-bond acceptors (Lipinski definition) is 3. The van der Waals surface area contributed by atoms with Gasteiger partial charge in [-0.25, -0.2) is 4.79 Å². The van der Waals surface area contributed by atoms with Gasteiger partial charge < -0.3 is 4.74 Å². The van der Waals surface area contributed by atoms with E-state index in [-0.39, 0.29) is 5.97 Å². The molecule has 3 heteroatoms. The van der Waals surface area contributed by atoms with Gasteiger partial charge in [-0.15, -0.1) is 0 Å². The highest BCUT2D eigenvalue weighted by Crippen LogP contribution is 2.38. The number of carbonyl (C=O) groups is 1. The van der Waals surface area contributed by atoms with E-state index in [0.29, 0.717) is 17.5 Å². The quantitative estimate of drug-likeness (QED) is 0.433. The Morgan fingerprint density at radius 1 is 1.30 bits per heavy atom. The highest BCUT2D eigenvalue weighted by molar-refractivity contribution is 5.89. The lowest BCUT2D eigenvalue weighted by Gasteiger charge is -2.35. The van der Waals surface area contributed by atoms with E-state index in [1.807, 2.05) is 24.3 Å². The van der Waals surface area contributed by atoms with Crippen LogP contribution in [0.4, 0.5) is 0 Å². The Morgan fingerprint density at radius 3 is 2.52 bits per heavy atom. The number of hydrogen-bond donors (Lipinski definition) is 0. The fourth-order valence-corrected chi connectivity index (χ4v) is 4.44. The first-order valence-corrected chi connectivity index (χ1v) is 10.4. The van der Waals surface area contributed by atoms with Crippen molar-refractivity contribution < 1.29 is 9.53 Å². The first kappa shape index (κ1) is 21.7. The summed E-state index contributed by atoms with van der Waals surface area (Å²) in [5, 5.41) is 0. The maximum absolute atomic E-state index is 11.6. The van der Waals surface area contributed by atoms with Crippen LogP contribution in [-0.4, -0.2) is 31.1 Å². The van der Waals surface area contributed by atoms with Gasteiger partial charge in [0.05, 0.1) is 12.7 Å². The van der Waals surface area contributed by atoms with Crippen LogP contribution in [0, 0.1) is 17.8 Å². The Balaban J connectivity index is 1.87. The lowest BCUT2D eigenvalue weighted by molar-refractivity contribution is 0.0600. The van der Waals surface area contributed by atoms with Crippen molar-refractivity contribution in [1.29, 1.82) is 0 Å². The molecule has 150 valence electrons. The second-order valence-electron chi connectivity index (χ2n) is 8.47. The van der Waals surface area contributed by atoms with Gasteiger partial charge in [0, 0.05) is 12.6 Å². The van der Waals surface area contributed by atoms with Gasteiger partial charge in [-0.2, -0.15) is 0 Å². The zero-order valence-electron chi connectivity index (χ0n) is 17.8. The van der Waals surface area contributed by atoms with Crippen molar-refractivity contribution >= 4 is 5.97 Å². The molecule has 0 radical (unpaired) electrons. The number of nitrogens with zero attached hydrogens (tertiary/aromatic N) is 1. The van der Waals surface area contributed by atoms with Gasteiger partial charge in [-0.1, -0.05) is 45.1 Å². The lowest BCUT2D eigenvalue weighted by Crippen LogP contribution is -2.32. The molecule has 27 heavy (non-hydrogen) atoms. The Morgan fingerprint density at radius 2 is 1.96 bits per heavy atom. The summed E-state index contributed by atoms with van der Waals surface area (Å²) < 4.78 is 4.77. The normalized spacial score (nSPS) is 24.1. The van der Waals surface area contributed by atoms with Crippen LogP contribution in [-0.2, 0) is 11.3 Å². The average Bonchev–Trinajstić information content (AvgIpc) is 2.66. The van der Waals surface area contributed by atoms with Gasteiger partial charge in [-0.3, -0.25) is 4.90 Å². The van der Waals surface area contributed by atoms with Gasteiger partial charge in [0.25, 0.3) is 0 Å². The van der Waals surface area contributed by atoms with Gasteiger partial charge in [0.15, 0.2) is 0 Å². The van der Waals surface area contributed by atoms with Crippen LogP contribution in [0.15, 0.2) is 36.4 Å². The molecule has 1 aliphatic rings. The third-order valence-corrected chi connectivity index (χ3v) is 6.56. The number of rotatable bonds is 8. The summed E-state index contributed by atoms with van der Waals surface area (Å²) in [4.78, 5) is 14.0. The Kier molecular flexibility index (Phi) is 8.09. The largest absolute Gasteiger partial charge is 0.465 e. The molecule has 4 unspecified atom stereocenters. The zero-order chi connectivity index (χ0) is 20.0. The molecule has 1 fully saturated rings. The standard InChI is InChI=1S/C24H37NO2/c1-7-23(13-10-21-14-17(2)19(4)18(3)15-21)25(5)16-20-8-11-22(12-9-20)24(26)27-6/h8-9,11-12,18-19,21,23H,2,7,10,13-16H2,1,3-6H3. The van der Waals surface area contributed by atoms with Crippen LogP contribution in [0.5, 0.6) is 0 Å². The van der Waals surface area contributed by atoms with E-state index < -0.39 is 0 Å². The Labute approximate surface area is 165 Å². The average molecular weight is 372 g/mol. The van der Waals surface area contributed by atoms with E-state index in [1.165, 1.54) is 43.9 Å². The number of methoxy groups -OCH3 is 1. The van der Waals surface area contributed by atoms with Crippen LogP contribution in [0.1, 0.15) is 68.8 Å². The first-order valence-electron chi connectivity index (χ1n) is 10.4. The fourth-order valence-electron chi connectivity index (χ4n) is 4.44. The molecule has 0 bridgehead atoms. The second-order valence-corrected chi connectivity index (χ2v) is 8.47. The predicted molar refractivity (Wildman–Crippen MR) is 113 cm³/mol. The van der Waals surface area contributed by atoms with Crippen molar-refractivity contribution in [3.8, 4) is 0 Å². The van der Waals surface area contributed by atoms with Gasteiger partial charge in [-0.05, 0) is 74.6 Å². The van der Waals surface area contributed by atoms with Crippen molar-refractivity contribution in [3.05, 3.63) is 47.5 Å². The molecule has 0 heterocycles. The van der Waals surface area contributed by atoms with Crippen molar-refractivity contribution in [3.63, 3.8) is 0 Å². The summed E-state index contributed by atoms with van der Waals surface area (Å²) in [6, 6.07) is 8.36. The minimum Gasteiger partial charge on any atom is -0.465 e. The molecule has 0 aliphatic heterocycles. The molecular formula is C24H37NO2. The smallest absolute Gasteiger partial charge is 0.337 e. The minimum absolute atomic E-state index is 0.279. The third kappa shape index (κ3) is 5.93. The first-order chi connectivity index (χ1) is 12.8. The third-order valence-electron chi connectivity index (χ3n) is 6.56. The molecule has 4 atom stereocenters. The SMILES string of the molecule is C=C1CC(CCC(CC)N(C)Cc2ccc(C(=O)OC)cc2)CC(C)C1C. The molecule has 0 saturated heterocycles. The van der Waals surface area contributed by atoms with Crippen molar-refractivity contribution in [2.24, 2.45) is 17.8 Å².